The van der Waals surface area contributed by atoms with Gasteiger partial charge in [0, 0.05) is 17.5 Å². The average Bonchev–Trinajstić information content (AvgIpc) is 2.69. The van der Waals surface area contributed by atoms with E-state index >= 15 is 0 Å². The maximum atomic E-state index is 12.3. The number of benzene rings is 1. The van der Waals surface area contributed by atoms with Crippen molar-refractivity contribution >= 4 is 11.8 Å². The van der Waals surface area contributed by atoms with Gasteiger partial charge in [0.2, 0.25) is 0 Å². The summed E-state index contributed by atoms with van der Waals surface area (Å²) < 4.78 is 37.0. The topological polar surface area (TPSA) is 29.3 Å². The third-order valence-corrected chi connectivity index (χ3v) is 4.54. The molecule has 0 radical (unpaired) electrons. The van der Waals surface area contributed by atoms with Crippen LogP contribution in [-0.2, 0) is 0 Å². The van der Waals surface area contributed by atoms with Crippen molar-refractivity contribution in [3.63, 3.8) is 0 Å². The average molecular weight is 318 g/mol. The highest BCUT2D eigenvalue weighted by Crippen LogP contribution is 2.37. The molecule has 0 spiro atoms. The maximum Gasteiger partial charge on any atom is 0.446 e. The van der Waals surface area contributed by atoms with Gasteiger partial charge in [-0.3, -0.25) is 4.90 Å². The number of halogens is 3. The van der Waals surface area contributed by atoms with E-state index in [-0.39, 0.29) is 22.7 Å². The Morgan fingerprint density at radius 2 is 1.62 bits per heavy atom. The highest BCUT2D eigenvalue weighted by atomic mass is 32.2. The van der Waals surface area contributed by atoms with Crippen molar-refractivity contribution in [2.75, 3.05) is 19.6 Å². The summed E-state index contributed by atoms with van der Waals surface area (Å²) in [6.07, 6.45) is 4.82. The Labute approximate surface area is 127 Å². The minimum absolute atomic E-state index is 0.0772. The van der Waals surface area contributed by atoms with Gasteiger partial charge < -0.3 is 5.73 Å². The van der Waals surface area contributed by atoms with Gasteiger partial charge in [-0.1, -0.05) is 25.0 Å². The van der Waals surface area contributed by atoms with Crippen LogP contribution in [0.25, 0.3) is 0 Å². The lowest BCUT2D eigenvalue weighted by Gasteiger charge is -2.30. The van der Waals surface area contributed by atoms with Gasteiger partial charge in [-0.25, -0.2) is 0 Å². The minimum Gasteiger partial charge on any atom is -0.329 e. The fourth-order valence-corrected chi connectivity index (χ4v) is 3.33. The predicted octanol–water partition coefficient (Wildman–Crippen LogP) is 4.17. The van der Waals surface area contributed by atoms with Crippen LogP contribution < -0.4 is 5.73 Å². The zero-order chi connectivity index (χ0) is 15.3. The van der Waals surface area contributed by atoms with Crippen LogP contribution in [0.4, 0.5) is 13.2 Å². The first-order chi connectivity index (χ1) is 9.99. The number of thioether (sulfide) groups is 1. The van der Waals surface area contributed by atoms with Gasteiger partial charge >= 0.3 is 5.51 Å². The third kappa shape index (κ3) is 5.20. The van der Waals surface area contributed by atoms with E-state index < -0.39 is 5.51 Å². The molecular formula is C15H21F3N2S. The molecule has 0 bridgehead atoms. The summed E-state index contributed by atoms with van der Waals surface area (Å²) in [7, 11) is 0. The maximum absolute atomic E-state index is 12.3. The number of hydrogen-bond acceptors (Lipinski definition) is 3. The number of likely N-dealkylation sites (tertiary alicyclic amines) is 1. The second kappa shape index (κ2) is 7.51. The van der Waals surface area contributed by atoms with Gasteiger partial charge in [0.1, 0.15) is 0 Å². The van der Waals surface area contributed by atoms with E-state index in [0.717, 1.165) is 18.7 Å². The van der Waals surface area contributed by atoms with Gasteiger partial charge in [0.05, 0.1) is 0 Å². The zero-order valence-corrected chi connectivity index (χ0v) is 12.7. The minimum atomic E-state index is -4.24. The second-order valence-corrected chi connectivity index (χ2v) is 6.46. The van der Waals surface area contributed by atoms with Crippen molar-refractivity contribution in [3.05, 3.63) is 29.8 Å². The molecule has 0 saturated carbocycles. The van der Waals surface area contributed by atoms with Gasteiger partial charge in [0.25, 0.3) is 0 Å². The number of hydrogen-bond donors (Lipinski definition) is 1. The summed E-state index contributed by atoms with van der Waals surface area (Å²) in [5.41, 5.74) is 2.67. The van der Waals surface area contributed by atoms with Gasteiger partial charge in [0.15, 0.2) is 0 Å². The van der Waals surface area contributed by atoms with Crippen molar-refractivity contribution in [1.29, 1.82) is 0 Å². The summed E-state index contributed by atoms with van der Waals surface area (Å²) in [5.74, 6) is 0. The number of alkyl halides is 3. The number of nitrogens with zero attached hydrogens (tertiary/aromatic N) is 1. The van der Waals surface area contributed by atoms with Crippen molar-refractivity contribution in [3.8, 4) is 0 Å². The fourth-order valence-electron chi connectivity index (χ4n) is 2.79. The molecule has 1 fully saturated rings. The highest BCUT2D eigenvalue weighted by Gasteiger charge is 2.29. The molecule has 1 aromatic carbocycles. The van der Waals surface area contributed by atoms with Crippen molar-refractivity contribution in [2.45, 2.75) is 42.1 Å². The van der Waals surface area contributed by atoms with E-state index in [1.165, 1.54) is 37.8 Å². The molecule has 0 aromatic heterocycles. The molecule has 1 atom stereocenters. The molecule has 1 aliphatic heterocycles. The van der Waals surface area contributed by atoms with Crippen molar-refractivity contribution < 1.29 is 13.2 Å². The number of rotatable bonds is 4. The van der Waals surface area contributed by atoms with E-state index in [2.05, 4.69) is 4.90 Å². The van der Waals surface area contributed by atoms with Crippen LogP contribution in [0.1, 0.15) is 37.3 Å². The molecule has 2 nitrogen and oxygen atoms in total. The molecule has 2 rings (SSSR count). The van der Waals surface area contributed by atoms with Crippen LogP contribution in [-0.4, -0.2) is 30.0 Å². The molecule has 6 heteroatoms. The predicted molar refractivity (Wildman–Crippen MR) is 80.2 cm³/mol. The highest BCUT2D eigenvalue weighted by molar-refractivity contribution is 8.00. The Kier molecular flexibility index (Phi) is 5.96. The summed E-state index contributed by atoms with van der Waals surface area (Å²) in [6.45, 7) is 2.52. The summed E-state index contributed by atoms with van der Waals surface area (Å²) in [5, 5.41) is 0. The fraction of sp³-hybridized carbons (Fsp3) is 0.600. The van der Waals surface area contributed by atoms with Gasteiger partial charge in [-0.05, 0) is 55.4 Å². The lowest BCUT2D eigenvalue weighted by atomic mass is 10.1. The van der Waals surface area contributed by atoms with Gasteiger partial charge in [-0.2, -0.15) is 13.2 Å². The van der Waals surface area contributed by atoms with Crippen LogP contribution in [0, 0.1) is 0 Å². The standard InChI is InChI=1S/C15H21F3N2S/c16-15(17,18)21-13-7-5-12(6-8-13)14(11-19)20-9-3-1-2-4-10-20/h5-8,14H,1-4,9-11,19H2. The van der Waals surface area contributed by atoms with E-state index in [9.17, 15) is 13.2 Å². The first-order valence-corrected chi connectivity index (χ1v) is 8.11. The number of nitrogens with two attached hydrogens (primary N) is 1. The Morgan fingerprint density at radius 1 is 1.05 bits per heavy atom. The Balaban J connectivity index is 2.07. The molecule has 0 amide bonds. The normalized spacial score (nSPS) is 19.2. The van der Waals surface area contributed by atoms with E-state index in [1.54, 1.807) is 12.1 Å². The van der Waals surface area contributed by atoms with E-state index in [1.807, 2.05) is 0 Å². The van der Waals surface area contributed by atoms with Crippen LogP contribution in [0.15, 0.2) is 29.2 Å². The molecule has 1 aromatic rings. The first kappa shape index (κ1) is 16.6. The van der Waals surface area contributed by atoms with E-state index in [0.29, 0.717) is 6.54 Å². The molecular weight excluding hydrogens is 297 g/mol. The van der Waals surface area contributed by atoms with Crippen LogP contribution in [0.3, 0.4) is 0 Å². The monoisotopic (exact) mass is 318 g/mol. The lowest BCUT2D eigenvalue weighted by molar-refractivity contribution is -0.0328. The Bertz CT molecular complexity index is 426. The molecule has 118 valence electrons. The van der Waals surface area contributed by atoms with E-state index in [4.69, 9.17) is 5.73 Å². The van der Waals surface area contributed by atoms with Gasteiger partial charge in [-0.15, -0.1) is 0 Å². The Hall–Kier alpha value is -0.720. The van der Waals surface area contributed by atoms with Crippen LogP contribution in [0.5, 0.6) is 0 Å². The smallest absolute Gasteiger partial charge is 0.329 e. The summed E-state index contributed by atoms with van der Waals surface area (Å²) in [4.78, 5) is 2.58. The van der Waals surface area contributed by atoms with Crippen LogP contribution in [0.2, 0.25) is 0 Å². The molecule has 1 unspecified atom stereocenters. The second-order valence-electron chi connectivity index (χ2n) is 5.32. The molecule has 21 heavy (non-hydrogen) atoms. The van der Waals surface area contributed by atoms with Crippen LogP contribution >= 0.6 is 11.8 Å². The molecule has 2 N–H and O–H groups in total. The summed E-state index contributed by atoms with van der Waals surface area (Å²) >= 11 is -0.0772. The largest absolute Gasteiger partial charge is 0.446 e. The molecule has 0 aliphatic carbocycles. The van der Waals surface area contributed by atoms with Crippen molar-refractivity contribution in [2.24, 2.45) is 5.73 Å². The quantitative estimate of drug-likeness (QED) is 0.845. The molecule has 1 aliphatic rings. The Morgan fingerprint density at radius 3 is 2.10 bits per heavy atom. The lowest BCUT2D eigenvalue weighted by Crippen LogP contribution is -2.34. The SMILES string of the molecule is NCC(c1ccc(SC(F)(F)F)cc1)N1CCCCCC1. The molecule has 1 saturated heterocycles. The first-order valence-electron chi connectivity index (χ1n) is 7.29. The van der Waals surface area contributed by atoms with Crippen molar-refractivity contribution in [1.82, 2.24) is 4.90 Å². The third-order valence-electron chi connectivity index (χ3n) is 3.80. The zero-order valence-electron chi connectivity index (χ0n) is 11.9. The summed E-state index contributed by atoms with van der Waals surface area (Å²) in [6, 6.07) is 6.72. The molecule has 1 heterocycles.